The summed E-state index contributed by atoms with van der Waals surface area (Å²) in [7, 11) is 1.59. The lowest BCUT2D eigenvalue weighted by molar-refractivity contribution is 0.0934. The smallest absolute Gasteiger partial charge is 0.265 e. The molecule has 0 spiro atoms. The summed E-state index contributed by atoms with van der Waals surface area (Å²) >= 11 is 4.92. The van der Waals surface area contributed by atoms with E-state index in [1.807, 2.05) is 25.1 Å². The van der Waals surface area contributed by atoms with Crippen LogP contribution in [0.4, 0.5) is 5.69 Å². The zero-order valence-corrected chi connectivity index (χ0v) is 16.7. The van der Waals surface area contributed by atoms with Gasteiger partial charge in [0.05, 0.1) is 17.6 Å². The van der Waals surface area contributed by atoms with Gasteiger partial charge in [-0.15, -0.1) is 23.7 Å². The Kier molecular flexibility index (Phi) is 6.17. The van der Waals surface area contributed by atoms with E-state index in [1.54, 1.807) is 7.11 Å². The van der Waals surface area contributed by atoms with Gasteiger partial charge in [0.2, 0.25) is 0 Å². The van der Waals surface area contributed by atoms with Gasteiger partial charge in [0.1, 0.15) is 4.88 Å². The Balaban J connectivity index is 0.00000208. The first-order valence-corrected chi connectivity index (χ1v) is 9.14. The molecule has 0 saturated carbocycles. The molecule has 1 aliphatic carbocycles. The van der Waals surface area contributed by atoms with Gasteiger partial charge in [-0.25, -0.2) is 0 Å². The van der Waals surface area contributed by atoms with Crippen molar-refractivity contribution in [3.8, 4) is 5.75 Å². The lowest BCUT2D eigenvalue weighted by Gasteiger charge is -2.26. The minimum atomic E-state index is -0.0877. The number of nitrogens with two attached hydrogens (primary N) is 1. The number of rotatable bonds is 3. The number of hydrogen-bond acceptors (Lipinski definition) is 4. The summed E-state index contributed by atoms with van der Waals surface area (Å²) in [6, 6.07) is 5.97. The average Bonchev–Trinajstić information content (AvgIpc) is 2.82. The Labute approximate surface area is 160 Å². The highest BCUT2D eigenvalue weighted by molar-refractivity contribution is 9.10. The van der Waals surface area contributed by atoms with Crippen molar-refractivity contribution in [2.75, 3.05) is 12.8 Å². The van der Waals surface area contributed by atoms with Crippen LogP contribution < -0.4 is 15.8 Å². The van der Waals surface area contributed by atoms with Gasteiger partial charge >= 0.3 is 0 Å². The van der Waals surface area contributed by atoms with Crippen LogP contribution in [0.25, 0.3) is 0 Å². The Hall–Kier alpha value is -1.24. The SMILES string of the molecule is COc1c(C(=O)NC2CCCc3cc(N)ccc32)sc(C)c1Br.Cl. The topological polar surface area (TPSA) is 64.3 Å². The molecule has 1 aliphatic rings. The van der Waals surface area contributed by atoms with Crippen LogP contribution in [0.1, 0.15) is 44.6 Å². The molecule has 3 N–H and O–H groups in total. The normalized spacial score (nSPS) is 16.0. The molecule has 0 bridgehead atoms. The second-order valence-corrected chi connectivity index (χ2v) is 7.73. The number of ether oxygens (including phenoxy) is 1. The number of carbonyl (C=O) groups excluding carboxylic acids is 1. The number of benzene rings is 1. The zero-order valence-electron chi connectivity index (χ0n) is 13.5. The highest BCUT2D eigenvalue weighted by atomic mass is 79.9. The van der Waals surface area contributed by atoms with Gasteiger partial charge in [-0.2, -0.15) is 0 Å². The van der Waals surface area contributed by atoms with Gasteiger partial charge in [-0.1, -0.05) is 6.07 Å². The molecule has 7 heteroatoms. The van der Waals surface area contributed by atoms with Crippen LogP contribution in [0.3, 0.4) is 0 Å². The second-order valence-electron chi connectivity index (χ2n) is 5.71. The molecule has 1 heterocycles. The highest BCUT2D eigenvalue weighted by Gasteiger charge is 2.26. The molecular weight excluding hydrogens is 412 g/mol. The molecule has 3 rings (SSSR count). The molecule has 0 saturated heterocycles. The number of halogens is 2. The molecular formula is C17H20BrClN2O2S. The molecule has 1 unspecified atom stereocenters. The summed E-state index contributed by atoms with van der Waals surface area (Å²) < 4.78 is 6.23. The third-order valence-electron chi connectivity index (χ3n) is 4.17. The molecule has 1 amide bonds. The summed E-state index contributed by atoms with van der Waals surface area (Å²) in [5.74, 6) is 0.522. The number of methoxy groups -OCH3 is 1. The van der Waals surface area contributed by atoms with E-state index in [1.165, 1.54) is 22.5 Å². The standard InChI is InChI=1S/C17H19BrN2O2S.ClH/c1-9-14(18)15(22-2)16(23-9)17(21)20-13-5-3-4-10-8-11(19)6-7-12(10)13;/h6-8,13H,3-5,19H2,1-2H3,(H,20,21);1H. The fourth-order valence-corrected chi connectivity index (χ4v) is 4.70. The lowest BCUT2D eigenvalue weighted by atomic mass is 9.87. The van der Waals surface area contributed by atoms with E-state index in [0.29, 0.717) is 10.6 Å². The number of fused-ring (bicyclic) bond motifs is 1. The van der Waals surface area contributed by atoms with E-state index >= 15 is 0 Å². The molecule has 4 nitrogen and oxygen atoms in total. The van der Waals surface area contributed by atoms with Crippen LogP contribution in [-0.4, -0.2) is 13.0 Å². The van der Waals surface area contributed by atoms with E-state index in [4.69, 9.17) is 10.5 Å². The second kappa shape index (κ2) is 7.76. The van der Waals surface area contributed by atoms with Crippen molar-refractivity contribution in [1.29, 1.82) is 0 Å². The molecule has 24 heavy (non-hydrogen) atoms. The minimum Gasteiger partial charge on any atom is -0.494 e. The van der Waals surface area contributed by atoms with Crippen molar-refractivity contribution in [3.63, 3.8) is 0 Å². The number of amides is 1. The lowest BCUT2D eigenvalue weighted by Crippen LogP contribution is -2.30. The van der Waals surface area contributed by atoms with Gasteiger partial charge in [0.25, 0.3) is 5.91 Å². The van der Waals surface area contributed by atoms with Crippen LogP contribution in [0.2, 0.25) is 0 Å². The van der Waals surface area contributed by atoms with Crippen LogP contribution in [0, 0.1) is 6.92 Å². The van der Waals surface area contributed by atoms with Gasteiger partial charge in [0.15, 0.2) is 5.75 Å². The molecule has 1 aromatic heterocycles. The maximum Gasteiger partial charge on any atom is 0.265 e. The van der Waals surface area contributed by atoms with E-state index in [-0.39, 0.29) is 24.4 Å². The van der Waals surface area contributed by atoms with Gasteiger partial charge in [0, 0.05) is 10.6 Å². The summed E-state index contributed by atoms with van der Waals surface area (Å²) in [6.45, 7) is 1.97. The molecule has 2 aromatic rings. The first-order chi connectivity index (χ1) is 11.0. The van der Waals surface area contributed by atoms with Crippen molar-refractivity contribution < 1.29 is 9.53 Å². The Bertz CT molecular complexity index is 763. The Morgan fingerprint density at radius 3 is 2.92 bits per heavy atom. The molecule has 0 fully saturated rings. The van der Waals surface area contributed by atoms with Crippen molar-refractivity contribution >= 4 is 51.3 Å². The van der Waals surface area contributed by atoms with Crippen molar-refractivity contribution in [1.82, 2.24) is 5.32 Å². The fourth-order valence-electron chi connectivity index (χ4n) is 3.04. The predicted octanol–water partition coefficient (Wildman–Crippen LogP) is 4.64. The maximum absolute atomic E-state index is 12.7. The average molecular weight is 432 g/mol. The zero-order chi connectivity index (χ0) is 16.6. The van der Waals surface area contributed by atoms with Gasteiger partial charge < -0.3 is 15.8 Å². The molecule has 0 aliphatic heterocycles. The number of aryl methyl sites for hydroxylation is 2. The van der Waals surface area contributed by atoms with E-state index in [9.17, 15) is 4.79 Å². The first-order valence-electron chi connectivity index (χ1n) is 7.53. The molecule has 130 valence electrons. The number of nitrogen functional groups attached to an aromatic ring is 1. The van der Waals surface area contributed by atoms with Crippen LogP contribution in [-0.2, 0) is 6.42 Å². The quantitative estimate of drug-likeness (QED) is 0.696. The van der Waals surface area contributed by atoms with E-state index < -0.39 is 0 Å². The van der Waals surface area contributed by atoms with Crippen LogP contribution in [0.15, 0.2) is 22.7 Å². The first kappa shape index (κ1) is 19.1. The van der Waals surface area contributed by atoms with Crippen molar-refractivity contribution in [2.45, 2.75) is 32.2 Å². The third-order valence-corrected chi connectivity index (χ3v) is 6.47. The van der Waals surface area contributed by atoms with E-state index in [2.05, 4.69) is 21.2 Å². The van der Waals surface area contributed by atoms with Gasteiger partial charge in [-0.05, 0) is 65.4 Å². The van der Waals surface area contributed by atoms with Crippen LogP contribution in [0.5, 0.6) is 5.75 Å². The molecule has 1 atom stereocenters. The van der Waals surface area contributed by atoms with Crippen LogP contribution >= 0.6 is 39.7 Å². The monoisotopic (exact) mass is 430 g/mol. The number of hydrogen-bond donors (Lipinski definition) is 2. The number of nitrogens with one attached hydrogen (secondary N) is 1. The summed E-state index contributed by atoms with van der Waals surface area (Å²) in [4.78, 5) is 14.4. The van der Waals surface area contributed by atoms with Crippen molar-refractivity contribution in [2.24, 2.45) is 0 Å². The fraction of sp³-hybridized carbons (Fsp3) is 0.353. The Morgan fingerprint density at radius 1 is 1.46 bits per heavy atom. The highest BCUT2D eigenvalue weighted by Crippen LogP contribution is 2.40. The number of carbonyl (C=O) groups is 1. The third kappa shape index (κ3) is 3.55. The summed E-state index contributed by atoms with van der Waals surface area (Å²) in [5, 5.41) is 3.16. The number of anilines is 1. The summed E-state index contributed by atoms with van der Waals surface area (Å²) in [5.41, 5.74) is 9.05. The number of thiophene rings is 1. The molecule has 1 aromatic carbocycles. The van der Waals surface area contributed by atoms with Gasteiger partial charge in [-0.3, -0.25) is 4.79 Å². The van der Waals surface area contributed by atoms with Crippen molar-refractivity contribution in [3.05, 3.63) is 43.6 Å². The van der Waals surface area contributed by atoms with E-state index in [0.717, 1.165) is 34.3 Å². The maximum atomic E-state index is 12.7. The largest absolute Gasteiger partial charge is 0.494 e. The molecule has 0 radical (unpaired) electrons. The predicted molar refractivity (Wildman–Crippen MR) is 105 cm³/mol. The Morgan fingerprint density at radius 2 is 2.21 bits per heavy atom. The summed E-state index contributed by atoms with van der Waals surface area (Å²) in [6.07, 6.45) is 3.00. The minimum absolute atomic E-state index is 0.